The van der Waals surface area contributed by atoms with E-state index in [1.807, 2.05) is 0 Å². The highest BCUT2D eigenvalue weighted by Crippen LogP contribution is 2.25. The number of phenolic OH excluding ortho intramolecular Hbond substituents is 1. The predicted octanol–water partition coefficient (Wildman–Crippen LogP) is 2.63. The number of halogens is 3. The van der Waals surface area contributed by atoms with Crippen molar-refractivity contribution >= 4 is 5.78 Å². The summed E-state index contributed by atoms with van der Waals surface area (Å²) in [5.74, 6) is -1.61. The molecule has 0 saturated heterocycles. The summed E-state index contributed by atoms with van der Waals surface area (Å²) in [4.78, 5) is 10.6. The zero-order chi connectivity index (χ0) is 11.4. The number of hydrogen-bond acceptors (Lipinski definition) is 2. The summed E-state index contributed by atoms with van der Waals surface area (Å²) in [5, 5.41) is 9.01. The van der Waals surface area contributed by atoms with Crippen molar-refractivity contribution in [2.45, 2.75) is 19.0 Å². The van der Waals surface area contributed by atoms with Crippen LogP contribution in [-0.2, 0) is 4.79 Å². The number of hydrogen-bond donors (Lipinski definition) is 1. The molecular formula is C10H9F3O2. The number of alkyl halides is 3. The Bertz CT molecular complexity index is 352. The predicted molar refractivity (Wildman–Crippen MR) is 47.6 cm³/mol. The first-order chi connectivity index (χ1) is 7.00. The average Bonchev–Trinajstić information content (AvgIpc) is 2.17. The van der Waals surface area contributed by atoms with Gasteiger partial charge in [-0.05, 0) is 17.7 Å². The molecule has 0 radical (unpaired) electrons. The Morgan fingerprint density at radius 1 is 1.33 bits per heavy atom. The van der Waals surface area contributed by atoms with Gasteiger partial charge in [0.2, 0.25) is 5.78 Å². The zero-order valence-electron chi connectivity index (χ0n) is 7.66. The minimum Gasteiger partial charge on any atom is -0.508 e. The number of ketones is 1. The van der Waals surface area contributed by atoms with Crippen molar-refractivity contribution in [2.24, 2.45) is 0 Å². The van der Waals surface area contributed by atoms with Gasteiger partial charge in [0.05, 0.1) is 0 Å². The van der Waals surface area contributed by atoms with Crippen LogP contribution in [0, 0.1) is 0 Å². The molecule has 0 aromatic heterocycles. The number of rotatable bonds is 4. The van der Waals surface area contributed by atoms with Crippen molar-refractivity contribution < 1.29 is 23.1 Å². The molecule has 0 bridgehead atoms. The van der Waals surface area contributed by atoms with Gasteiger partial charge < -0.3 is 5.11 Å². The van der Waals surface area contributed by atoms with Crippen molar-refractivity contribution in [3.8, 4) is 5.75 Å². The summed E-state index contributed by atoms with van der Waals surface area (Å²) in [6, 6.07) is 5.13. The van der Waals surface area contributed by atoms with Crippen LogP contribution in [-0.4, -0.2) is 17.3 Å². The van der Waals surface area contributed by atoms with Crippen molar-refractivity contribution in [3.63, 3.8) is 0 Å². The highest BCUT2D eigenvalue weighted by molar-refractivity contribution is 5.82. The molecule has 5 heteroatoms. The van der Waals surface area contributed by atoms with E-state index in [0.717, 1.165) is 6.07 Å². The minimum absolute atomic E-state index is 0.0176. The fraction of sp³-hybridized carbons (Fsp3) is 0.300. The van der Waals surface area contributed by atoms with E-state index in [9.17, 15) is 18.0 Å². The van der Waals surface area contributed by atoms with Crippen molar-refractivity contribution in [1.29, 1.82) is 0 Å². The molecule has 0 spiro atoms. The third-order valence-corrected chi connectivity index (χ3v) is 1.86. The molecule has 1 unspecified atom stereocenters. The van der Waals surface area contributed by atoms with Crippen LogP contribution in [0.15, 0.2) is 24.3 Å². The van der Waals surface area contributed by atoms with E-state index in [-0.39, 0.29) is 11.3 Å². The van der Waals surface area contributed by atoms with Crippen molar-refractivity contribution in [1.82, 2.24) is 0 Å². The molecule has 1 N–H and O–H groups in total. The number of carbonyl (C=O) groups excluding carboxylic acids is 1. The van der Waals surface area contributed by atoms with E-state index in [2.05, 4.69) is 0 Å². The SMILES string of the molecule is O=C(CC(F)c1cccc(O)c1)C(F)F. The van der Waals surface area contributed by atoms with Crippen LogP contribution in [0.25, 0.3) is 0 Å². The molecule has 0 fully saturated rings. The number of aromatic hydroxyl groups is 1. The summed E-state index contributed by atoms with van der Waals surface area (Å²) in [5.41, 5.74) is 0.0176. The first-order valence-corrected chi connectivity index (χ1v) is 4.24. The number of benzene rings is 1. The molecular weight excluding hydrogens is 209 g/mol. The van der Waals surface area contributed by atoms with Gasteiger partial charge in [-0.3, -0.25) is 4.79 Å². The van der Waals surface area contributed by atoms with Crippen LogP contribution in [0.5, 0.6) is 5.75 Å². The van der Waals surface area contributed by atoms with Gasteiger partial charge in [-0.25, -0.2) is 13.2 Å². The Kier molecular flexibility index (Phi) is 3.71. The molecule has 0 aliphatic rings. The van der Waals surface area contributed by atoms with Gasteiger partial charge >= 0.3 is 0 Å². The van der Waals surface area contributed by atoms with E-state index >= 15 is 0 Å². The number of carbonyl (C=O) groups is 1. The highest BCUT2D eigenvalue weighted by Gasteiger charge is 2.21. The molecule has 0 amide bonds. The van der Waals surface area contributed by atoms with Gasteiger partial charge in [-0.2, -0.15) is 0 Å². The lowest BCUT2D eigenvalue weighted by molar-refractivity contribution is -0.130. The summed E-state index contributed by atoms with van der Waals surface area (Å²) < 4.78 is 36.9. The lowest BCUT2D eigenvalue weighted by Crippen LogP contribution is -2.12. The smallest absolute Gasteiger partial charge is 0.296 e. The van der Waals surface area contributed by atoms with Crippen LogP contribution in [0.1, 0.15) is 18.2 Å². The highest BCUT2D eigenvalue weighted by atomic mass is 19.3. The Morgan fingerprint density at radius 2 is 2.00 bits per heavy atom. The summed E-state index contributed by atoms with van der Waals surface area (Å²) in [6.45, 7) is 0. The maximum Gasteiger partial charge on any atom is 0.296 e. The molecule has 1 aromatic carbocycles. The molecule has 0 aliphatic heterocycles. The van der Waals surface area contributed by atoms with Crippen LogP contribution in [0.2, 0.25) is 0 Å². The first-order valence-electron chi connectivity index (χ1n) is 4.24. The third-order valence-electron chi connectivity index (χ3n) is 1.86. The van der Waals surface area contributed by atoms with Crippen molar-refractivity contribution in [2.75, 3.05) is 0 Å². The molecule has 0 aliphatic carbocycles. The second-order valence-electron chi connectivity index (χ2n) is 3.03. The number of phenols is 1. The molecule has 0 saturated carbocycles. The van der Waals surface area contributed by atoms with E-state index in [4.69, 9.17) is 5.11 Å². The zero-order valence-corrected chi connectivity index (χ0v) is 7.66. The lowest BCUT2D eigenvalue weighted by Gasteiger charge is -2.07. The van der Waals surface area contributed by atoms with Gasteiger partial charge in [0.15, 0.2) is 0 Å². The topological polar surface area (TPSA) is 37.3 Å². The Balaban J connectivity index is 2.69. The van der Waals surface area contributed by atoms with Crippen molar-refractivity contribution in [3.05, 3.63) is 29.8 Å². The normalized spacial score (nSPS) is 12.8. The molecule has 1 aromatic rings. The molecule has 2 nitrogen and oxygen atoms in total. The quantitative estimate of drug-likeness (QED) is 0.843. The van der Waals surface area contributed by atoms with E-state index in [0.29, 0.717) is 0 Å². The Labute approximate surface area is 84.3 Å². The summed E-state index contributed by atoms with van der Waals surface area (Å²) in [7, 11) is 0. The van der Waals surface area contributed by atoms with Crippen LogP contribution >= 0.6 is 0 Å². The summed E-state index contributed by atoms with van der Waals surface area (Å²) in [6.07, 6.45) is -5.83. The molecule has 1 atom stereocenters. The molecule has 15 heavy (non-hydrogen) atoms. The minimum atomic E-state index is -3.15. The molecule has 82 valence electrons. The van der Waals surface area contributed by atoms with Gasteiger partial charge in [0, 0.05) is 6.42 Å². The van der Waals surface area contributed by atoms with Gasteiger partial charge in [-0.15, -0.1) is 0 Å². The monoisotopic (exact) mass is 218 g/mol. The second-order valence-corrected chi connectivity index (χ2v) is 3.03. The van der Waals surface area contributed by atoms with Gasteiger partial charge in [0.25, 0.3) is 6.43 Å². The van der Waals surface area contributed by atoms with E-state index in [1.165, 1.54) is 18.2 Å². The van der Waals surface area contributed by atoms with E-state index < -0.39 is 24.8 Å². The first kappa shape index (κ1) is 11.6. The fourth-order valence-corrected chi connectivity index (χ4v) is 1.10. The molecule has 0 heterocycles. The second kappa shape index (κ2) is 4.82. The maximum atomic E-state index is 13.3. The molecule has 1 rings (SSSR count). The van der Waals surface area contributed by atoms with Crippen LogP contribution in [0.4, 0.5) is 13.2 Å². The van der Waals surface area contributed by atoms with Crippen LogP contribution in [0.3, 0.4) is 0 Å². The lowest BCUT2D eigenvalue weighted by atomic mass is 10.1. The Morgan fingerprint density at radius 3 is 2.53 bits per heavy atom. The van der Waals surface area contributed by atoms with E-state index in [1.54, 1.807) is 0 Å². The maximum absolute atomic E-state index is 13.3. The summed E-state index contributed by atoms with van der Waals surface area (Å²) >= 11 is 0. The number of Topliss-reactive ketones (excluding diaryl/α,β-unsaturated/α-hetero) is 1. The largest absolute Gasteiger partial charge is 0.508 e. The third kappa shape index (κ3) is 3.27. The Hall–Kier alpha value is -1.52. The fourth-order valence-electron chi connectivity index (χ4n) is 1.10. The van der Waals surface area contributed by atoms with Gasteiger partial charge in [-0.1, -0.05) is 12.1 Å². The van der Waals surface area contributed by atoms with Crippen LogP contribution < -0.4 is 0 Å². The standard InChI is InChI=1S/C10H9F3O2/c11-8(5-9(15)10(12)13)6-2-1-3-7(14)4-6/h1-4,8,10,14H,5H2. The average molecular weight is 218 g/mol. The van der Waals surface area contributed by atoms with Gasteiger partial charge in [0.1, 0.15) is 11.9 Å².